The summed E-state index contributed by atoms with van der Waals surface area (Å²) in [4.78, 5) is 27.1. The lowest BCUT2D eigenvalue weighted by Crippen LogP contribution is -2.48. The fourth-order valence-electron chi connectivity index (χ4n) is 4.90. The van der Waals surface area contributed by atoms with E-state index in [2.05, 4.69) is 5.32 Å². The number of fused-ring (bicyclic) bond motifs is 3. The average Bonchev–Trinajstić information content (AvgIpc) is 2.94. The van der Waals surface area contributed by atoms with Crippen LogP contribution in [-0.2, 0) is 11.3 Å². The number of nitrogens with one attached hydrogen (secondary N) is 1. The van der Waals surface area contributed by atoms with E-state index in [1.165, 1.54) is 6.42 Å². The molecule has 3 N–H and O–H groups in total. The van der Waals surface area contributed by atoms with Gasteiger partial charge in [0.2, 0.25) is 5.91 Å². The molecule has 1 heterocycles. The number of rotatable bonds is 5. The number of aromatic nitrogens is 1. The van der Waals surface area contributed by atoms with Gasteiger partial charge in [-0.15, -0.1) is 0 Å². The second-order valence-corrected chi connectivity index (χ2v) is 8.69. The van der Waals surface area contributed by atoms with E-state index in [4.69, 9.17) is 10.2 Å². The van der Waals surface area contributed by atoms with Crippen LogP contribution in [0.15, 0.2) is 27.4 Å². The molecule has 2 saturated carbocycles. The minimum absolute atomic E-state index is 0.0195. The molecule has 0 radical (unpaired) electrons. The van der Waals surface area contributed by atoms with E-state index < -0.39 is 0 Å². The van der Waals surface area contributed by atoms with Crippen LogP contribution in [-0.4, -0.2) is 42.1 Å². The van der Waals surface area contributed by atoms with E-state index in [0.717, 1.165) is 32.2 Å². The fourth-order valence-corrected chi connectivity index (χ4v) is 4.90. The summed E-state index contributed by atoms with van der Waals surface area (Å²) in [5.74, 6) is 0.654. The van der Waals surface area contributed by atoms with E-state index in [1.807, 2.05) is 25.1 Å². The van der Waals surface area contributed by atoms with E-state index in [0.29, 0.717) is 35.2 Å². The minimum Gasteiger partial charge on any atom is -0.408 e. The quantitative estimate of drug-likeness (QED) is 0.822. The van der Waals surface area contributed by atoms with Crippen molar-refractivity contribution in [2.45, 2.75) is 44.7 Å². The molecular weight excluding hydrogens is 356 g/mol. The molecule has 0 aliphatic heterocycles. The van der Waals surface area contributed by atoms with Crippen LogP contribution in [0.2, 0.25) is 0 Å². The first-order chi connectivity index (χ1) is 13.4. The molecule has 0 spiro atoms. The molecule has 152 valence electrons. The molecule has 7 nitrogen and oxygen atoms in total. The summed E-state index contributed by atoms with van der Waals surface area (Å²) in [6.45, 7) is 1.27. The summed E-state index contributed by atoms with van der Waals surface area (Å²) in [5.41, 5.74) is 8.31. The normalized spacial score (nSPS) is 27.3. The first kappa shape index (κ1) is 19.2. The number of carbonyl (C=O) groups is 1. The molecule has 2 fully saturated rings. The Labute approximate surface area is 164 Å². The van der Waals surface area contributed by atoms with E-state index >= 15 is 0 Å². The molecule has 1 aromatic carbocycles. The van der Waals surface area contributed by atoms with Gasteiger partial charge in [0.1, 0.15) is 0 Å². The van der Waals surface area contributed by atoms with Crippen LogP contribution in [0.5, 0.6) is 0 Å². The average molecular weight is 386 g/mol. The third-order valence-corrected chi connectivity index (χ3v) is 6.49. The highest BCUT2D eigenvalue weighted by Gasteiger charge is 2.40. The number of hydrogen-bond donors (Lipinski definition) is 2. The lowest BCUT2D eigenvalue weighted by molar-refractivity contribution is -0.122. The predicted molar refractivity (Wildman–Crippen MR) is 109 cm³/mol. The van der Waals surface area contributed by atoms with E-state index in [1.54, 1.807) is 16.7 Å². The Morgan fingerprint density at radius 1 is 1.29 bits per heavy atom. The number of nitrogens with two attached hydrogens (primary N) is 1. The van der Waals surface area contributed by atoms with E-state index in [9.17, 15) is 9.59 Å². The van der Waals surface area contributed by atoms with Crippen molar-refractivity contribution in [3.8, 4) is 0 Å². The van der Waals surface area contributed by atoms with Gasteiger partial charge < -0.3 is 20.4 Å². The Morgan fingerprint density at radius 3 is 2.68 bits per heavy atom. The Morgan fingerprint density at radius 2 is 2.00 bits per heavy atom. The second-order valence-electron chi connectivity index (χ2n) is 8.69. The molecule has 2 atom stereocenters. The van der Waals surface area contributed by atoms with Gasteiger partial charge in [0.25, 0.3) is 0 Å². The summed E-state index contributed by atoms with van der Waals surface area (Å²) in [7, 11) is 3.93. The molecule has 2 aromatic rings. The highest BCUT2D eigenvalue weighted by atomic mass is 16.4. The molecule has 4 rings (SSSR count). The zero-order chi connectivity index (χ0) is 19.8. The topological polar surface area (TPSA) is 93.5 Å². The van der Waals surface area contributed by atoms with Gasteiger partial charge in [-0.1, -0.05) is 6.42 Å². The fraction of sp³-hybridized carbons (Fsp3) is 0.619. The Kier molecular flexibility index (Phi) is 5.29. The third kappa shape index (κ3) is 3.73. The van der Waals surface area contributed by atoms with Gasteiger partial charge in [-0.3, -0.25) is 9.36 Å². The lowest BCUT2D eigenvalue weighted by Gasteiger charge is -2.43. The van der Waals surface area contributed by atoms with Gasteiger partial charge in [0.05, 0.1) is 5.52 Å². The molecule has 7 heteroatoms. The minimum atomic E-state index is -0.366. The summed E-state index contributed by atoms with van der Waals surface area (Å²) in [6, 6.07) is 5.65. The second kappa shape index (κ2) is 7.72. The number of anilines is 1. The molecule has 2 unspecified atom stereocenters. The molecule has 28 heavy (non-hydrogen) atoms. The van der Waals surface area contributed by atoms with Crippen molar-refractivity contribution in [3.05, 3.63) is 28.7 Å². The number of nitrogens with zero attached hydrogens (tertiary/aromatic N) is 2. The van der Waals surface area contributed by atoms with Gasteiger partial charge in [-0.25, -0.2) is 4.79 Å². The highest BCUT2D eigenvalue weighted by molar-refractivity contribution is 5.94. The van der Waals surface area contributed by atoms with Gasteiger partial charge in [0.15, 0.2) is 5.58 Å². The number of hydrogen-bond acceptors (Lipinski definition) is 5. The summed E-state index contributed by atoms with van der Waals surface area (Å²) in [6.07, 6.45) is 5.27. The Bertz CT molecular complexity index is 902. The van der Waals surface area contributed by atoms with Crippen LogP contribution < -0.4 is 16.8 Å². The third-order valence-electron chi connectivity index (χ3n) is 6.49. The van der Waals surface area contributed by atoms with Crippen molar-refractivity contribution in [1.82, 2.24) is 9.47 Å². The molecule has 0 saturated heterocycles. The summed E-state index contributed by atoms with van der Waals surface area (Å²) >= 11 is 0. The number of benzene rings is 1. The molecule has 1 aromatic heterocycles. The highest BCUT2D eigenvalue weighted by Crippen LogP contribution is 2.42. The predicted octanol–water partition coefficient (Wildman–Crippen LogP) is 2.25. The molecule has 2 bridgehead atoms. The first-order valence-electron chi connectivity index (χ1n) is 10.3. The van der Waals surface area contributed by atoms with Crippen LogP contribution in [0.3, 0.4) is 0 Å². The molecular formula is C21H30N4O3. The maximum atomic E-state index is 12.9. The summed E-state index contributed by atoms with van der Waals surface area (Å²) in [5, 5.41) is 3.06. The molecule has 2 aliphatic carbocycles. The largest absolute Gasteiger partial charge is 0.419 e. The van der Waals surface area contributed by atoms with Gasteiger partial charge >= 0.3 is 5.76 Å². The van der Waals surface area contributed by atoms with Crippen molar-refractivity contribution in [2.75, 3.05) is 26.0 Å². The van der Waals surface area contributed by atoms with Crippen molar-refractivity contribution >= 4 is 22.7 Å². The van der Waals surface area contributed by atoms with Gasteiger partial charge in [-0.05, 0) is 69.8 Å². The zero-order valence-electron chi connectivity index (χ0n) is 16.7. The maximum Gasteiger partial charge on any atom is 0.419 e. The Hall–Kier alpha value is -2.12. The van der Waals surface area contributed by atoms with Crippen LogP contribution in [0.25, 0.3) is 11.1 Å². The number of carbonyl (C=O) groups excluding carboxylic acids is 1. The SMILES string of the molecule is CN(C)CCn1c(=O)oc2ccc(NC(=O)C3CC4CCCC(C3)C4N)cc21. The van der Waals surface area contributed by atoms with Crippen LogP contribution in [0.4, 0.5) is 5.69 Å². The smallest absolute Gasteiger partial charge is 0.408 e. The number of likely N-dealkylation sites (N-methyl/N-ethyl adjacent to an activating group) is 1. The standard InChI is InChI=1S/C21H30N4O3/c1-24(2)8-9-25-17-12-16(6-7-18(17)28-21(25)27)23-20(26)15-10-13-4-3-5-14(11-15)19(13)22/h6-7,12-15,19H,3-5,8-11,22H2,1-2H3,(H,23,26). The van der Waals surface area contributed by atoms with Crippen molar-refractivity contribution in [3.63, 3.8) is 0 Å². The molecule has 1 amide bonds. The molecule has 2 aliphatic rings. The van der Waals surface area contributed by atoms with Crippen LogP contribution in [0, 0.1) is 17.8 Å². The Balaban J connectivity index is 1.50. The van der Waals surface area contributed by atoms with Gasteiger partial charge in [0, 0.05) is 30.7 Å². The zero-order valence-corrected chi connectivity index (χ0v) is 16.7. The van der Waals surface area contributed by atoms with Crippen LogP contribution in [0.1, 0.15) is 32.1 Å². The monoisotopic (exact) mass is 386 g/mol. The van der Waals surface area contributed by atoms with Crippen LogP contribution >= 0.6 is 0 Å². The lowest BCUT2D eigenvalue weighted by atomic mass is 9.65. The van der Waals surface area contributed by atoms with Crippen molar-refractivity contribution < 1.29 is 9.21 Å². The maximum absolute atomic E-state index is 12.9. The number of amides is 1. The van der Waals surface area contributed by atoms with Crippen molar-refractivity contribution in [2.24, 2.45) is 23.5 Å². The first-order valence-corrected chi connectivity index (χ1v) is 10.3. The van der Waals surface area contributed by atoms with Crippen molar-refractivity contribution in [1.29, 1.82) is 0 Å². The van der Waals surface area contributed by atoms with Gasteiger partial charge in [-0.2, -0.15) is 0 Å². The van der Waals surface area contributed by atoms with E-state index in [-0.39, 0.29) is 23.6 Å². The summed E-state index contributed by atoms with van der Waals surface area (Å²) < 4.78 is 6.95. The number of oxazole rings is 1.